The number of esters is 1. The number of nitrogens with one attached hydrogen (secondary N) is 1. The number of nitrogens with two attached hydrogens (primary N) is 1. The Labute approximate surface area is 146 Å². The second-order valence-corrected chi connectivity index (χ2v) is 6.52. The van der Waals surface area contributed by atoms with Crippen molar-refractivity contribution >= 4 is 45.7 Å². The molecule has 0 unspecified atom stereocenters. The molecule has 3 heterocycles. The highest BCUT2D eigenvalue weighted by Gasteiger charge is 2.10. The quantitative estimate of drug-likeness (QED) is 0.670. The number of hydrogen-bond acceptors (Lipinski definition) is 9. The maximum atomic E-state index is 11.5. The summed E-state index contributed by atoms with van der Waals surface area (Å²) in [5.41, 5.74) is 6.48. The fraction of sp³-hybridized carbons (Fsp3) is 0.0667. The van der Waals surface area contributed by atoms with Crippen LogP contribution >= 0.6 is 23.1 Å². The first-order valence-corrected chi connectivity index (χ1v) is 8.50. The van der Waals surface area contributed by atoms with Gasteiger partial charge in [0.2, 0.25) is 0 Å². The zero-order chi connectivity index (χ0) is 16.9. The lowest BCUT2D eigenvalue weighted by Gasteiger charge is -2.02. The van der Waals surface area contributed by atoms with Gasteiger partial charge in [-0.05, 0) is 24.3 Å². The summed E-state index contributed by atoms with van der Waals surface area (Å²) in [4.78, 5) is 25.0. The molecule has 0 aliphatic carbocycles. The second kappa shape index (κ2) is 7.28. The smallest absolute Gasteiger partial charge is 0.356 e. The third kappa shape index (κ3) is 4.00. The van der Waals surface area contributed by atoms with E-state index < -0.39 is 5.97 Å². The first-order chi connectivity index (χ1) is 11.6. The predicted molar refractivity (Wildman–Crippen MR) is 93.7 cm³/mol. The van der Waals surface area contributed by atoms with Gasteiger partial charge in [0, 0.05) is 16.5 Å². The van der Waals surface area contributed by atoms with Gasteiger partial charge >= 0.3 is 5.97 Å². The molecule has 0 saturated carbocycles. The molecule has 0 spiro atoms. The zero-order valence-electron chi connectivity index (χ0n) is 12.6. The summed E-state index contributed by atoms with van der Waals surface area (Å²) >= 11 is 2.90. The normalized spacial score (nSPS) is 10.4. The highest BCUT2D eigenvalue weighted by molar-refractivity contribution is 7.99. The van der Waals surface area contributed by atoms with E-state index in [1.165, 1.54) is 30.2 Å². The van der Waals surface area contributed by atoms with E-state index in [0.717, 1.165) is 15.1 Å². The highest BCUT2D eigenvalue weighted by Crippen LogP contribution is 2.31. The molecule has 3 aromatic heterocycles. The van der Waals surface area contributed by atoms with E-state index in [4.69, 9.17) is 5.73 Å². The standard InChI is InChI=1S/C15H13N5O2S2/c1-22-14(21)11-6-10(4-5-17-11)24-13-8-23-15(20-13)19-12-3-2-9(16)7-18-12/h2-8H,16H2,1H3,(H,18,19,20). The van der Waals surface area contributed by atoms with Crippen LogP contribution in [0, 0.1) is 0 Å². The molecule has 24 heavy (non-hydrogen) atoms. The van der Waals surface area contributed by atoms with Gasteiger partial charge in [0.15, 0.2) is 5.13 Å². The first kappa shape index (κ1) is 16.2. The Kier molecular flexibility index (Phi) is 4.92. The highest BCUT2D eigenvalue weighted by atomic mass is 32.2. The number of anilines is 3. The zero-order valence-corrected chi connectivity index (χ0v) is 14.2. The molecule has 0 saturated heterocycles. The van der Waals surface area contributed by atoms with Crippen LogP contribution in [-0.2, 0) is 4.74 Å². The molecular formula is C15H13N5O2S2. The van der Waals surface area contributed by atoms with E-state index in [0.29, 0.717) is 11.5 Å². The van der Waals surface area contributed by atoms with Crippen LogP contribution in [-0.4, -0.2) is 28.0 Å². The minimum absolute atomic E-state index is 0.266. The average Bonchev–Trinajstić information content (AvgIpc) is 3.03. The lowest BCUT2D eigenvalue weighted by atomic mass is 10.3. The predicted octanol–water partition coefficient (Wildman–Crippen LogP) is 3.20. The summed E-state index contributed by atoms with van der Waals surface area (Å²) in [7, 11) is 1.33. The molecule has 0 atom stereocenters. The SMILES string of the molecule is COC(=O)c1cc(Sc2csc(Nc3ccc(N)cn3)n2)ccn1. The fourth-order valence-corrected chi connectivity index (χ4v) is 3.42. The number of aromatic nitrogens is 3. The van der Waals surface area contributed by atoms with Crippen molar-refractivity contribution in [3.63, 3.8) is 0 Å². The summed E-state index contributed by atoms with van der Waals surface area (Å²) < 4.78 is 4.67. The Morgan fingerprint density at radius 3 is 2.96 bits per heavy atom. The number of methoxy groups -OCH3 is 1. The van der Waals surface area contributed by atoms with Gasteiger partial charge in [-0.2, -0.15) is 0 Å². The van der Waals surface area contributed by atoms with Crippen LogP contribution in [0.15, 0.2) is 52.0 Å². The number of rotatable bonds is 5. The van der Waals surface area contributed by atoms with Crippen molar-refractivity contribution in [3.05, 3.63) is 47.7 Å². The van der Waals surface area contributed by atoms with Crippen LogP contribution in [0.3, 0.4) is 0 Å². The van der Waals surface area contributed by atoms with Crippen LogP contribution in [0.25, 0.3) is 0 Å². The van der Waals surface area contributed by atoms with Crippen LogP contribution < -0.4 is 11.1 Å². The molecular weight excluding hydrogens is 346 g/mol. The van der Waals surface area contributed by atoms with E-state index in [-0.39, 0.29) is 5.69 Å². The summed E-state index contributed by atoms with van der Waals surface area (Å²) in [6, 6.07) is 7.04. The van der Waals surface area contributed by atoms with Gasteiger partial charge in [0.05, 0.1) is 19.0 Å². The number of carbonyl (C=O) groups is 1. The van der Waals surface area contributed by atoms with Gasteiger partial charge in [0.25, 0.3) is 0 Å². The largest absolute Gasteiger partial charge is 0.464 e. The molecule has 3 aromatic rings. The third-order valence-electron chi connectivity index (χ3n) is 2.85. The first-order valence-electron chi connectivity index (χ1n) is 6.80. The Balaban J connectivity index is 1.70. The van der Waals surface area contributed by atoms with Crippen LogP contribution in [0.2, 0.25) is 0 Å². The molecule has 0 aliphatic heterocycles. The lowest BCUT2D eigenvalue weighted by molar-refractivity contribution is 0.0593. The van der Waals surface area contributed by atoms with Gasteiger partial charge < -0.3 is 15.8 Å². The van der Waals surface area contributed by atoms with Crippen molar-refractivity contribution in [1.82, 2.24) is 15.0 Å². The third-order valence-corrected chi connectivity index (χ3v) is 4.67. The molecule has 0 amide bonds. The maximum Gasteiger partial charge on any atom is 0.356 e. The molecule has 3 rings (SSSR count). The van der Waals surface area contributed by atoms with E-state index in [1.54, 1.807) is 30.6 Å². The summed E-state index contributed by atoms with van der Waals surface area (Å²) in [6.07, 6.45) is 3.15. The van der Waals surface area contributed by atoms with E-state index >= 15 is 0 Å². The van der Waals surface area contributed by atoms with Crippen molar-refractivity contribution in [2.24, 2.45) is 0 Å². The average molecular weight is 359 g/mol. The number of thiazole rings is 1. The van der Waals surface area contributed by atoms with Gasteiger partial charge in [0.1, 0.15) is 16.5 Å². The molecule has 0 bridgehead atoms. The van der Waals surface area contributed by atoms with Crippen LogP contribution in [0.1, 0.15) is 10.5 Å². The number of ether oxygens (including phenoxy) is 1. The van der Waals surface area contributed by atoms with Gasteiger partial charge in [-0.25, -0.2) is 19.7 Å². The van der Waals surface area contributed by atoms with Gasteiger partial charge in [-0.3, -0.25) is 0 Å². The number of nitrogen functional groups attached to an aromatic ring is 1. The van der Waals surface area contributed by atoms with Crippen molar-refractivity contribution < 1.29 is 9.53 Å². The van der Waals surface area contributed by atoms with Crippen LogP contribution in [0.5, 0.6) is 0 Å². The number of nitrogens with zero attached hydrogens (tertiary/aromatic N) is 3. The topological polar surface area (TPSA) is 103 Å². The maximum absolute atomic E-state index is 11.5. The molecule has 9 heteroatoms. The van der Waals surface area contributed by atoms with Crippen molar-refractivity contribution in [2.45, 2.75) is 9.92 Å². The summed E-state index contributed by atoms with van der Waals surface area (Å²) in [5.74, 6) is 0.208. The molecule has 3 N–H and O–H groups in total. The second-order valence-electron chi connectivity index (χ2n) is 4.56. The van der Waals surface area contributed by atoms with Crippen LogP contribution in [0.4, 0.5) is 16.6 Å². The van der Waals surface area contributed by atoms with Crippen molar-refractivity contribution in [2.75, 3.05) is 18.2 Å². The molecule has 0 aliphatic rings. The van der Waals surface area contributed by atoms with Gasteiger partial charge in [-0.1, -0.05) is 11.8 Å². The number of hydrogen-bond donors (Lipinski definition) is 2. The Hall–Kier alpha value is -2.65. The molecule has 0 fully saturated rings. The summed E-state index contributed by atoms with van der Waals surface area (Å²) in [6.45, 7) is 0. The minimum atomic E-state index is -0.465. The van der Waals surface area contributed by atoms with Crippen molar-refractivity contribution in [3.8, 4) is 0 Å². The monoisotopic (exact) mass is 359 g/mol. The summed E-state index contributed by atoms with van der Waals surface area (Å²) in [5, 5.41) is 6.56. The van der Waals surface area contributed by atoms with Crippen molar-refractivity contribution in [1.29, 1.82) is 0 Å². The Morgan fingerprint density at radius 1 is 1.33 bits per heavy atom. The molecule has 0 aromatic carbocycles. The number of carbonyl (C=O) groups excluding carboxylic acids is 1. The number of pyridine rings is 2. The Bertz CT molecular complexity index is 851. The fourth-order valence-electron chi connectivity index (χ4n) is 1.76. The lowest BCUT2D eigenvalue weighted by Crippen LogP contribution is -2.03. The minimum Gasteiger partial charge on any atom is -0.464 e. The van der Waals surface area contributed by atoms with E-state index in [2.05, 4.69) is 25.0 Å². The van der Waals surface area contributed by atoms with Gasteiger partial charge in [-0.15, -0.1) is 11.3 Å². The molecule has 7 nitrogen and oxygen atoms in total. The molecule has 0 radical (unpaired) electrons. The van der Waals surface area contributed by atoms with E-state index in [1.807, 2.05) is 11.4 Å². The molecule has 122 valence electrons. The Morgan fingerprint density at radius 2 is 2.21 bits per heavy atom. The van der Waals surface area contributed by atoms with E-state index in [9.17, 15) is 4.79 Å².